The lowest BCUT2D eigenvalue weighted by atomic mass is 10.3. The van der Waals surface area contributed by atoms with Crippen molar-refractivity contribution in [2.24, 2.45) is 0 Å². The minimum atomic E-state index is -0.378. The quantitative estimate of drug-likeness (QED) is 0.780. The highest BCUT2D eigenvalue weighted by Crippen LogP contribution is 2.29. The summed E-state index contributed by atoms with van der Waals surface area (Å²) >= 11 is 11.9. The lowest BCUT2D eigenvalue weighted by Crippen LogP contribution is -2.37. The molecular formula is C14H18Cl2N2O3. The van der Waals surface area contributed by atoms with Gasteiger partial charge in [0, 0.05) is 0 Å². The molecule has 1 amide bonds. The van der Waals surface area contributed by atoms with E-state index in [2.05, 4.69) is 10.1 Å². The molecule has 0 saturated heterocycles. The van der Waals surface area contributed by atoms with Gasteiger partial charge >= 0.3 is 5.97 Å². The summed E-state index contributed by atoms with van der Waals surface area (Å²) in [5.41, 5.74) is 0.448. The summed E-state index contributed by atoms with van der Waals surface area (Å²) in [6.45, 7) is 2.73. The van der Waals surface area contributed by atoms with E-state index in [0.29, 0.717) is 22.3 Å². The Morgan fingerprint density at radius 3 is 2.62 bits per heavy atom. The Labute approximate surface area is 134 Å². The zero-order chi connectivity index (χ0) is 15.8. The molecule has 1 aromatic rings. The first kappa shape index (κ1) is 17.8. The van der Waals surface area contributed by atoms with Gasteiger partial charge in [-0.3, -0.25) is 14.5 Å². The van der Waals surface area contributed by atoms with Gasteiger partial charge in [0.15, 0.2) is 0 Å². The van der Waals surface area contributed by atoms with E-state index in [-0.39, 0.29) is 25.0 Å². The van der Waals surface area contributed by atoms with Gasteiger partial charge in [0.1, 0.15) is 0 Å². The number of rotatable bonds is 7. The molecule has 0 saturated carbocycles. The van der Waals surface area contributed by atoms with Crippen molar-refractivity contribution >= 4 is 40.8 Å². The average Bonchev–Trinajstić information content (AvgIpc) is 2.44. The van der Waals surface area contributed by atoms with Gasteiger partial charge in [-0.25, -0.2) is 0 Å². The van der Waals surface area contributed by atoms with E-state index in [1.165, 1.54) is 7.11 Å². The van der Waals surface area contributed by atoms with Gasteiger partial charge in [-0.15, -0.1) is 0 Å². The van der Waals surface area contributed by atoms with Crippen LogP contribution in [0.15, 0.2) is 18.2 Å². The number of amides is 1. The highest BCUT2D eigenvalue weighted by Gasteiger charge is 2.15. The van der Waals surface area contributed by atoms with Gasteiger partial charge in [-0.05, 0) is 25.1 Å². The number of carbonyl (C=O) groups is 2. The van der Waals surface area contributed by atoms with Crippen molar-refractivity contribution in [3.63, 3.8) is 0 Å². The third-order valence-corrected chi connectivity index (χ3v) is 3.53. The smallest absolute Gasteiger partial charge is 0.319 e. The fraction of sp³-hybridized carbons (Fsp3) is 0.429. The predicted molar refractivity (Wildman–Crippen MR) is 83.8 cm³/mol. The maximum Gasteiger partial charge on any atom is 0.319 e. The summed E-state index contributed by atoms with van der Waals surface area (Å²) in [4.78, 5) is 25.0. The molecule has 0 aromatic heterocycles. The van der Waals surface area contributed by atoms with Crippen LogP contribution in [0.3, 0.4) is 0 Å². The molecule has 0 atom stereocenters. The van der Waals surface area contributed by atoms with Gasteiger partial charge < -0.3 is 10.1 Å². The number of nitrogens with one attached hydrogen (secondary N) is 1. The third-order valence-electron chi connectivity index (χ3n) is 2.71. The molecule has 21 heavy (non-hydrogen) atoms. The molecule has 0 aliphatic heterocycles. The lowest BCUT2D eigenvalue weighted by Gasteiger charge is -2.19. The van der Waals surface area contributed by atoms with Crippen LogP contribution >= 0.6 is 23.2 Å². The molecule has 7 heteroatoms. The monoisotopic (exact) mass is 332 g/mol. The number of methoxy groups -OCH3 is 1. The summed E-state index contributed by atoms with van der Waals surface area (Å²) in [6.07, 6.45) is 0.822. The van der Waals surface area contributed by atoms with Crippen molar-refractivity contribution < 1.29 is 14.3 Å². The molecule has 1 N–H and O–H groups in total. The number of nitrogens with zero attached hydrogens (tertiary/aromatic N) is 1. The number of benzene rings is 1. The largest absolute Gasteiger partial charge is 0.468 e. The van der Waals surface area contributed by atoms with E-state index in [4.69, 9.17) is 23.2 Å². The minimum absolute atomic E-state index is 0.0705. The Balaban J connectivity index is 2.65. The van der Waals surface area contributed by atoms with E-state index < -0.39 is 0 Å². The van der Waals surface area contributed by atoms with E-state index in [1.807, 2.05) is 6.92 Å². The molecule has 0 radical (unpaired) electrons. The standard InChI is InChI=1S/C14H18Cl2N2O3/c1-3-7-18(9-13(20)21-2)8-12(19)17-11-6-4-5-10(15)14(11)16/h4-6H,3,7-9H2,1-2H3,(H,17,19). The summed E-state index contributed by atoms with van der Waals surface area (Å²) < 4.78 is 4.61. The molecule has 0 aliphatic rings. The van der Waals surface area contributed by atoms with Crippen LogP contribution in [-0.4, -0.2) is 43.5 Å². The number of anilines is 1. The van der Waals surface area contributed by atoms with Crippen LogP contribution in [-0.2, 0) is 14.3 Å². The van der Waals surface area contributed by atoms with Crippen molar-refractivity contribution in [2.45, 2.75) is 13.3 Å². The van der Waals surface area contributed by atoms with E-state index >= 15 is 0 Å². The molecule has 0 fully saturated rings. The van der Waals surface area contributed by atoms with Gasteiger partial charge in [0.05, 0.1) is 35.9 Å². The van der Waals surface area contributed by atoms with Crippen molar-refractivity contribution in [2.75, 3.05) is 32.1 Å². The molecule has 0 bridgehead atoms. The maximum absolute atomic E-state index is 12.0. The van der Waals surface area contributed by atoms with Crippen molar-refractivity contribution in [3.05, 3.63) is 28.2 Å². The maximum atomic E-state index is 12.0. The number of esters is 1. The van der Waals surface area contributed by atoms with E-state index in [9.17, 15) is 9.59 Å². The number of hydrogen-bond donors (Lipinski definition) is 1. The van der Waals surface area contributed by atoms with Gasteiger partial charge in [0.2, 0.25) is 5.91 Å². The van der Waals surface area contributed by atoms with E-state index in [0.717, 1.165) is 6.42 Å². The Morgan fingerprint density at radius 2 is 2.00 bits per heavy atom. The Morgan fingerprint density at radius 1 is 1.29 bits per heavy atom. The van der Waals surface area contributed by atoms with Crippen LogP contribution < -0.4 is 5.32 Å². The molecule has 0 spiro atoms. The Hall–Kier alpha value is -1.30. The second-order valence-corrected chi connectivity index (χ2v) is 5.22. The van der Waals surface area contributed by atoms with Crippen LogP contribution in [0.25, 0.3) is 0 Å². The molecule has 116 valence electrons. The summed E-state index contributed by atoms with van der Waals surface area (Å²) in [6, 6.07) is 5.00. The zero-order valence-corrected chi connectivity index (χ0v) is 13.5. The SMILES string of the molecule is CCCN(CC(=O)Nc1cccc(Cl)c1Cl)CC(=O)OC. The van der Waals surface area contributed by atoms with Crippen LogP contribution in [0.1, 0.15) is 13.3 Å². The molecule has 0 unspecified atom stereocenters. The number of halogens is 2. The van der Waals surface area contributed by atoms with Gasteiger partial charge in [-0.2, -0.15) is 0 Å². The van der Waals surface area contributed by atoms with Crippen LogP contribution in [0.4, 0.5) is 5.69 Å². The minimum Gasteiger partial charge on any atom is -0.468 e. The second-order valence-electron chi connectivity index (χ2n) is 4.44. The average molecular weight is 333 g/mol. The van der Waals surface area contributed by atoms with Crippen LogP contribution in [0, 0.1) is 0 Å². The zero-order valence-electron chi connectivity index (χ0n) is 12.0. The number of hydrogen-bond acceptors (Lipinski definition) is 4. The predicted octanol–water partition coefficient (Wildman–Crippen LogP) is 2.82. The fourth-order valence-corrected chi connectivity index (χ4v) is 2.12. The molecule has 0 heterocycles. The molecular weight excluding hydrogens is 315 g/mol. The molecule has 0 aliphatic carbocycles. The van der Waals surface area contributed by atoms with Crippen LogP contribution in [0.5, 0.6) is 0 Å². The van der Waals surface area contributed by atoms with Gasteiger partial charge in [0.25, 0.3) is 0 Å². The first-order chi connectivity index (χ1) is 9.97. The second kappa shape index (κ2) is 8.87. The molecule has 1 aromatic carbocycles. The van der Waals surface area contributed by atoms with Crippen molar-refractivity contribution in [1.29, 1.82) is 0 Å². The fourth-order valence-electron chi connectivity index (χ4n) is 1.77. The first-order valence-electron chi connectivity index (χ1n) is 6.51. The summed E-state index contributed by atoms with van der Waals surface area (Å²) in [5, 5.41) is 3.35. The number of ether oxygens (including phenoxy) is 1. The van der Waals surface area contributed by atoms with E-state index in [1.54, 1.807) is 23.1 Å². The highest BCUT2D eigenvalue weighted by molar-refractivity contribution is 6.43. The van der Waals surface area contributed by atoms with Crippen molar-refractivity contribution in [3.8, 4) is 0 Å². The summed E-state index contributed by atoms with van der Waals surface area (Å²) in [7, 11) is 1.32. The topological polar surface area (TPSA) is 58.6 Å². The Kier molecular flexibility index (Phi) is 7.50. The van der Waals surface area contributed by atoms with Gasteiger partial charge in [-0.1, -0.05) is 36.2 Å². The highest BCUT2D eigenvalue weighted by atomic mass is 35.5. The third kappa shape index (κ3) is 5.91. The lowest BCUT2D eigenvalue weighted by molar-refractivity contribution is -0.142. The first-order valence-corrected chi connectivity index (χ1v) is 7.26. The van der Waals surface area contributed by atoms with Crippen LogP contribution in [0.2, 0.25) is 10.0 Å². The number of carbonyl (C=O) groups excluding carboxylic acids is 2. The van der Waals surface area contributed by atoms with Crippen molar-refractivity contribution in [1.82, 2.24) is 4.90 Å². The summed E-state index contributed by atoms with van der Waals surface area (Å²) in [5.74, 6) is -0.645. The Bertz CT molecular complexity index is 509. The normalized spacial score (nSPS) is 10.5. The molecule has 1 rings (SSSR count). The molecule has 5 nitrogen and oxygen atoms in total.